The van der Waals surface area contributed by atoms with Gasteiger partial charge in [-0.15, -0.1) is 0 Å². The van der Waals surface area contributed by atoms with E-state index in [0.717, 1.165) is 38.2 Å². The van der Waals surface area contributed by atoms with Gasteiger partial charge in [-0.2, -0.15) is 5.26 Å². The van der Waals surface area contributed by atoms with Crippen LogP contribution >= 0.6 is 0 Å². The zero-order valence-corrected chi connectivity index (χ0v) is 16.0. The standard InChI is InChI=1S/C23H21FN4O/c24-17-6-4-5-16(13-17)19-14-20(19)22-26-21(15-25)23(29-22)28-11-9-27(10-12-28)18-7-2-1-3-8-18/h1-8,13,19-20H,9-12,14H2. The largest absolute Gasteiger partial charge is 0.423 e. The van der Waals surface area contributed by atoms with Gasteiger partial charge >= 0.3 is 0 Å². The summed E-state index contributed by atoms with van der Waals surface area (Å²) in [7, 11) is 0. The van der Waals surface area contributed by atoms with Gasteiger partial charge in [0.1, 0.15) is 11.9 Å². The van der Waals surface area contributed by atoms with Crippen LogP contribution in [0.2, 0.25) is 0 Å². The molecule has 1 saturated heterocycles. The highest BCUT2D eigenvalue weighted by Crippen LogP contribution is 2.55. The third kappa shape index (κ3) is 3.44. The highest BCUT2D eigenvalue weighted by atomic mass is 19.1. The van der Waals surface area contributed by atoms with Crippen molar-refractivity contribution in [3.05, 3.63) is 77.6 Å². The summed E-state index contributed by atoms with van der Waals surface area (Å²) in [5.41, 5.74) is 2.52. The molecular weight excluding hydrogens is 367 g/mol. The molecule has 1 aliphatic carbocycles. The van der Waals surface area contributed by atoms with Crippen molar-refractivity contribution >= 4 is 11.6 Å². The summed E-state index contributed by atoms with van der Waals surface area (Å²) in [4.78, 5) is 8.90. The second-order valence-electron chi connectivity index (χ2n) is 7.63. The molecule has 5 rings (SSSR count). The minimum absolute atomic E-state index is 0.114. The SMILES string of the molecule is N#Cc1nc(C2CC2c2cccc(F)c2)oc1N1CCN(c2ccccc2)CC1. The van der Waals surface area contributed by atoms with E-state index in [4.69, 9.17) is 4.42 Å². The van der Waals surface area contributed by atoms with Crippen molar-refractivity contribution in [3.8, 4) is 6.07 Å². The molecule has 1 saturated carbocycles. The Hall–Kier alpha value is -3.33. The normalized spacial score (nSPS) is 21.1. The molecule has 6 heteroatoms. The van der Waals surface area contributed by atoms with Crippen LogP contribution in [0.1, 0.15) is 35.4 Å². The first-order valence-electron chi connectivity index (χ1n) is 9.94. The zero-order valence-electron chi connectivity index (χ0n) is 16.0. The summed E-state index contributed by atoms with van der Waals surface area (Å²) in [6, 6.07) is 19.2. The topological polar surface area (TPSA) is 56.3 Å². The predicted molar refractivity (Wildman–Crippen MR) is 109 cm³/mol. The molecule has 3 aromatic rings. The number of nitrogens with zero attached hydrogens (tertiary/aromatic N) is 4. The molecule has 146 valence electrons. The first-order valence-corrected chi connectivity index (χ1v) is 9.94. The number of anilines is 2. The Morgan fingerprint density at radius 3 is 2.45 bits per heavy atom. The van der Waals surface area contributed by atoms with Gasteiger partial charge in [0, 0.05) is 37.8 Å². The van der Waals surface area contributed by atoms with Crippen LogP contribution in [0.25, 0.3) is 0 Å². The Kier molecular flexibility index (Phi) is 4.44. The summed E-state index contributed by atoms with van der Waals surface area (Å²) >= 11 is 0. The first kappa shape index (κ1) is 17.7. The molecular formula is C23H21FN4O. The maximum absolute atomic E-state index is 13.5. The molecule has 0 radical (unpaired) electrons. The Labute approximate surface area is 169 Å². The highest BCUT2D eigenvalue weighted by Gasteiger charge is 2.44. The van der Waals surface area contributed by atoms with E-state index in [1.54, 1.807) is 12.1 Å². The lowest BCUT2D eigenvalue weighted by Crippen LogP contribution is -2.46. The number of rotatable bonds is 4. The fourth-order valence-electron chi connectivity index (χ4n) is 4.15. The van der Waals surface area contributed by atoms with E-state index in [2.05, 4.69) is 33.0 Å². The average molecular weight is 388 g/mol. The molecule has 0 N–H and O–H groups in total. The van der Waals surface area contributed by atoms with Crippen LogP contribution < -0.4 is 9.80 Å². The second kappa shape index (κ2) is 7.25. The summed E-state index contributed by atoms with van der Waals surface area (Å²) in [5.74, 6) is 1.26. The number of oxazole rings is 1. The van der Waals surface area contributed by atoms with Crippen LogP contribution in [-0.4, -0.2) is 31.2 Å². The summed E-state index contributed by atoms with van der Waals surface area (Å²) in [6.45, 7) is 3.27. The van der Waals surface area contributed by atoms with Gasteiger partial charge in [-0.25, -0.2) is 9.37 Å². The van der Waals surface area contributed by atoms with Gasteiger partial charge in [0.2, 0.25) is 17.5 Å². The molecule has 2 heterocycles. The van der Waals surface area contributed by atoms with Crippen molar-refractivity contribution in [1.82, 2.24) is 4.98 Å². The van der Waals surface area contributed by atoms with Gasteiger partial charge in [0.25, 0.3) is 0 Å². The Morgan fingerprint density at radius 2 is 1.72 bits per heavy atom. The fraction of sp³-hybridized carbons (Fsp3) is 0.304. The lowest BCUT2D eigenvalue weighted by atomic mass is 10.1. The Bertz CT molecular complexity index is 1050. The van der Waals surface area contributed by atoms with E-state index < -0.39 is 0 Å². The maximum Gasteiger partial charge on any atom is 0.234 e. The van der Waals surface area contributed by atoms with Crippen LogP contribution in [0.15, 0.2) is 59.0 Å². The van der Waals surface area contributed by atoms with Crippen molar-refractivity contribution in [2.45, 2.75) is 18.3 Å². The molecule has 2 atom stereocenters. The van der Waals surface area contributed by atoms with E-state index >= 15 is 0 Å². The van der Waals surface area contributed by atoms with Crippen molar-refractivity contribution in [2.75, 3.05) is 36.0 Å². The number of para-hydroxylation sites is 1. The lowest BCUT2D eigenvalue weighted by molar-refractivity contribution is 0.476. The van der Waals surface area contributed by atoms with Crippen molar-refractivity contribution in [3.63, 3.8) is 0 Å². The predicted octanol–water partition coefficient (Wildman–Crippen LogP) is 4.28. The van der Waals surface area contributed by atoms with Gasteiger partial charge in [-0.1, -0.05) is 30.3 Å². The monoisotopic (exact) mass is 388 g/mol. The van der Waals surface area contributed by atoms with Gasteiger partial charge in [-0.05, 0) is 42.2 Å². The van der Waals surface area contributed by atoms with E-state index in [1.807, 2.05) is 24.3 Å². The molecule has 2 unspecified atom stereocenters. The zero-order chi connectivity index (χ0) is 19.8. The van der Waals surface area contributed by atoms with E-state index in [-0.39, 0.29) is 17.7 Å². The van der Waals surface area contributed by atoms with Gasteiger partial charge < -0.3 is 14.2 Å². The quantitative estimate of drug-likeness (QED) is 0.668. The van der Waals surface area contributed by atoms with Crippen LogP contribution in [-0.2, 0) is 0 Å². The summed E-state index contributed by atoms with van der Waals surface area (Å²) < 4.78 is 19.6. The molecule has 29 heavy (non-hydrogen) atoms. The summed E-state index contributed by atoms with van der Waals surface area (Å²) in [5, 5.41) is 9.55. The number of hydrogen-bond acceptors (Lipinski definition) is 5. The second-order valence-corrected chi connectivity index (χ2v) is 7.63. The lowest BCUT2D eigenvalue weighted by Gasteiger charge is -2.35. The number of nitriles is 1. The fourth-order valence-corrected chi connectivity index (χ4v) is 4.15. The van der Waals surface area contributed by atoms with E-state index in [1.165, 1.54) is 11.8 Å². The number of aromatic nitrogens is 1. The third-order valence-corrected chi connectivity index (χ3v) is 5.80. The van der Waals surface area contributed by atoms with Crippen LogP contribution in [0.3, 0.4) is 0 Å². The van der Waals surface area contributed by atoms with E-state index in [0.29, 0.717) is 17.5 Å². The van der Waals surface area contributed by atoms with Gasteiger partial charge in [0.15, 0.2) is 0 Å². The smallest absolute Gasteiger partial charge is 0.234 e. The molecule has 0 bridgehead atoms. The number of benzene rings is 2. The molecule has 2 aliphatic rings. The maximum atomic E-state index is 13.5. The molecule has 1 aromatic heterocycles. The van der Waals surface area contributed by atoms with Gasteiger partial charge in [0.05, 0.1) is 0 Å². The van der Waals surface area contributed by atoms with Crippen molar-refractivity contribution < 1.29 is 8.81 Å². The first-order chi connectivity index (χ1) is 14.2. The summed E-state index contributed by atoms with van der Waals surface area (Å²) in [6.07, 6.45) is 0.871. The minimum atomic E-state index is -0.227. The van der Waals surface area contributed by atoms with Crippen LogP contribution in [0.5, 0.6) is 0 Å². The Balaban J connectivity index is 1.30. The number of hydrogen-bond donors (Lipinski definition) is 0. The molecule has 5 nitrogen and oxygen atoms in total. The molecule has 1 aliphatic heterocycles. The number of piperazine rings is 1. The molecule has 2 aromatic carbocycles. The van der Waals surface area contributed by atoms with E-state index in [9.17, 15) is 9.65 Å². The van der Waals surface area contributed by atoms with Crippen LogP contribution in [0, 0.1) is 17.1 Å². The molecule has 0 spiro atoms. The van der Waals surface area contributed by atoms with Crippen molar-refractivity contribution in [2.24, 2.45) is 0 Å². The van der Waals surface area contributed by atoms with Crippen LogP contribution in [0.4, 0.5) is 16.0 Å². The third-order valence-electron chi connectivity index (χ3n) is 5.80. The molecule has 2 fully saturated rings. The average Bonchev–Trinajstić information content (AvgIpc) is 3.46. The number of halogens is 1. The van der Waals surface area contributed by atoms with Gasteiger partial charge in [-0.3, -0.25) is 0 Å². The highest BCUT2D eigenvalue weighted by molar-refractivity contribution is 5.52. The minimum Gasteiger partial charge on any atom is -0.423 e. The molecule has 0 amide bonds. The Morgan fingerprint density at radius 1 is 0.966 bits per heavy atom. The van der Waals surface area contributed by atoms with Crippen molar-refractivity contribution in [1.29, 1.82) is 5.26 Å².